The van der Waals surface area contributed by atoms with Crippen LogP contribution in [0.15, 0.2) is 18.2 Å². The van der Waals surface area contributed by atoms with Crippen molar-refractivity contribution >= 4 is 5.69 Å². The summed E-state index contributed by atoms with van der Waals surface area (Å²) in [5.41, 5.74) is 6.72. The summed E-state index contributed by atoms with van der Waals surface area (Å²) in [6.45, 7) is 0. The van der Waals surface area contributed by atoms with Crippen LogP contribution in [0, 0.1) is 5.82 Å². The Morgan fingerprint density at radius 3 is 2.56 bits per heavy atom. The lowest BCUT2D eigenvalue weighted by molar-refractivity contribution is 0.402. The van der Waals surface area contributed by atoms with Crippen LogP contribution < -0.4 is 15.4 Å². The van der Waals surface area contributed by atoms with Crippen LogP contribution in [0.4, 0.5) is 10.1 Å². The van der Waals surface area contributed by atoms with E-state index in [-0.39, 0.29) is 11.9 Å². The van der Waals surface area contributed by atoms with Gasteiger partial charge in [-0.15, -0.1) is 0 Å². The molecule has 2 N–H and O–H groups in total. The van der Waals surface area contributed by atoms with Crippen molar-refractivity contribution in [3.05, 3.63) is 24.0 Å². The van der Waals surface area contributed by atoms with Gasteiger partial charge in [0.1, 0.15) is 11.6 Å². The van der Waals surface area contributed by atoms with Crippen molar-refractivity contribution in [3.63, 3.8) is 0 Å². The van der Waals surface area contributed by atoms with Crippen LogP contribution in [0.1, 0.15) is 25.7 Å². The van der Waals surface area contributed by atoms with E-state index in [0.717, 1.165) is 25.7 Å². The molecule has 2 aliphatic rings. The molecule has 1 aromatic carbocycles. The number of nitrogens with zero attached hydrogens (tertiary/aromatic N) is 1. The van der Waals surface area contributed by atoms with E-state index in [4.69, 9.17) is 10.5 Å². The summed E-state index contributed by atoms with van der Waals surface area (Å²) < 4.78 is 19.2. The Kier molecular flexibility index (Phi) is 2.90. The number of hydrogen-bond donors (Lipinski definition) is 1. The molecule has 0 radical (unpaired) electrons. The van der Waals surface area contributed by atoms with Crippen LogP contribution in [-0.4, -0.2) is 25.2 Å². The lowest BCUT2D eigenvalue weighted by Gasteiger charge is -2.39. The molecule has 2 atom stereocenters. The van der Waals surface area contributed by atoms with Crippen molar-refractivity contribution in [1.29, 1.82) is 0 Å². The van der Waals surface area contributed by atoms with E-state index in [2.05, 4.69) is 4.90 Å². The number of methoxy groups -OCH3 is 1. The van der Waals surface area contributed by atoms with Crippen LogP contribution >= 0.6 is 0 Å². The quantitative estimate of drug-likeness (QED) is 0.875. The second-order valence-corrected chi connectivity index (χ2v) is 5.34. The zero-order valence-corrected chi connectivity index (χ0v) is 10.6. The second kappa shape index (κ2) is 4.43. The van der Waals surface area contributed by atoms with Crippen LogP contribution in [-0.2, 0) is 0 Å². The van der Waals surface area contributed by atoms with Gasteiger partial charge < -0.3 is 15.4 Å². The first-order chi connectivity index (χ1) is 8.69. The molecule has 4 heteroatoms. The van der Waals surface area contributed by atoms with Gasteiger partial charge >= 0.3 is 0 Å². The van der Waals surface area contributed by atoms with Crippen molar-refractivity contribution in [1.82, 2.24) is 0 Å². The van der Waals surface area contributed by atoms with Crippen molar-refractivity contribution in [2.75, 3.05) is 12.0 Å². The van der Waals surface area contributed by atoms with E-state index in [9.17, 15) is 4.39 Å². The average molecular weight is 250 g/mol. The summed E-state index contributed by atoms with van der Waals surface area (Å²) >= 11 is 0. The van der Waals surface area contributed by atoms with E-state index in [1.54, 1.807) is 19.2 Å². The monoisotopic (exact) mass is 250 g/mol. The van der Waals surface area contributed by atoms with Crippen molar-refractivity contribution in [3.8, 4) is 5.75 Å². The highest BCUT2D eigenvalue weighted by Crippen LogP contribution is 2.40. The molecule has 2 saturated heterocycles. The van der Waals surface area contributed by atoms with E-state index in [1.807, 2.05) is 0 Å². The lowest BCUT2D eigenvalue weighted by Crippen LogP contribution is -2.47. The van der Waals surface area contributed by atoms with Crippen LogP contribution in [0.5, 0.6) is 5.75 Å². The molecule has 0 aromatic heterocycles. The number of rotatable bonds is 2. The van der Waals surface area contributed by atoms with Crippen LogP contribution in [0.3, 0.4) is 0 Å². The van der Waals surface area contributed by atoms with Gasteiger partial charge in [-0.1, -0.05) is 0 Å². The van der Waals surface area contributed by atoms with Gasteiger partial charge in [0.2, 0.25) is 0 Å². The van der Waals surface area contributed by atoms with Gasteiger partial charge in [-0.2, -0.15) is 0 Å². The van der Waals surface area contributed by atoms with Crippen LogP contribution in [0.2, 0.25) is 0 Å². The number of anilines is 1. The van der Waals surface area contributed by atoms with Gasteiger partial charge in [0.25, 0.3) is 0 Å². The van der Waals surface area contributed by atoms with E-state index >= 15 is 0 Å². The predicted molar refractivity (Wildman–Crippen MR) is 69.5 cm³/mol. The minimum Gasteiger partial charge on any atom is -0.497 e. The van der Waals surface area contributed by atoms with Gasteiger partial charge in [0.15, 0.2) is 0 Å². The minimum absolute atomic E-state index is 0.164. The zero-order valence-electron chi connectivity index (χ0n) is 10.6. The van der Waals surface area contributed by atoms with Crippen LogP contribution in [0.25, 0.3) is 0 Å². The number of piperidine rings is 1. The Hall–Kier alpha value is -1.29. The third-order valence-electron chi connectivity index (χ3n) is 4.20. The van der Waals surface area contributed by atoms with Gasteiger partial charge in [0, 0.05) is 24.2 Å². The molecule has 2 unspecified atom stereocenters. The second-order valence-electron chi connectivity index (χ2n) is 5.34. The van der Waals surface area contributed by atoms with E-state index < -0.39 is 0 Å². The van der Waals surface area contributed by atoms with Gasteiger partial charge in [-0.05, 0) is 37.8 Å². The van der Waals surface area contributed by atoms with Gasteiger partial charge in [0.05, 0.1) is 12.8 Å². The summed E-state index contributed by atoms with van der Waals surface area (Å²) in [6, 6.07) is 6.00. The summed E-state index contributed by atoms with van der Waals surface area (Å²) in [5, 5.41) is 0. The van der Waals surface area contributed by atoms with E-state index in [0.29, 0.717) is 23.5 Å². The number of benzene rings is 1. The van der Waals surface area contributed by atoms with Crippen molar-refractivity contribution in [2.24, 2.45) is 5.73 Å². The maximum atomic E-state index is 14.0. The Bertz CT molecular complexity index is 437. The molecule has 2 bridgehead atoms. The Morgan fingerprint density at radius 2 is 1.94 bits per heavy atom. The fourth-order valence-electron chi connectivity index (χ4n) is 3.43. The molecule has 0 aliphatic carbocycles. The third kappa shape index (κ3) is 1.85. The smallest absolute Gasteiger partial charge is 0.146 e. The SMILES string of the molecule is COc1ccc(F)c(N2C3CCC2CC(N)C3)c1. The predicted octanol–water partition coefficient (Wildman–Crippen LogP) is 2.29. The molecule has 0 spiro atoms. The number of hydrogen-bond acceptors (Lipinski definition) is 3. The highest BCUT2D eigenvalue weighted by atomic mass is 19.1. The lowest BCUT2D eigenvalue weighted by atomic mass is 9.97. The summed E-state index contributed by atoms with van der Waals surface area (Å²) in [4.78, 5) is 2.22. The maximum Gasteiger partial charge on any atom is 0.146 e. The first-order valence-electron chi connectivity index (χ1n) is 6.56. The summed E-state index contributed by atoms with van der Waals surface area (Å²) in [7, 11) is 1.61. The highest BCUT2D eigenvalue weighted by molar-refractivity contribution is 5.55. The molecule has 0 amide bonds. The fraction of sp³-hybridized carbons (Fsp3) is 0.571. The van der Waals surface area contributed by atoms with E-state index in [1.165, 1.54) is 6.07 Å². The van der Waals surface area contributed by atoms with Gasteiger partial charge in [-0.25, -0.2) is 4.39 Å². The molecule has 2 aliphatic heterocycles. The fourth-order valence-corrected chi connectivity index (χ4v) is 3.43. The van der Waals surface area contributed by atoms with Gasteiger partial charge in [-0.3, -0.25) is 0 Å². The standard InChI is InChI=1S/C14H19FN2O/c1-18-12-4-5-13(15)14(8-12)17-10-2-3-11(17)7-9(16)6-10/h4-5,8-11H,2-3,6-7,16H2,1H3. The highest BCUT2D eigenvalue weighted by Gasteiger charge is 2.40. The molecule has 3 nitrogen and oxygen atoms in total. The topological polar surface area (TPSA) is 38.5 Å². The molecule has 98 valence electrons. The maximum absolute atomic E-state index is 14.0. The Labute approximate surface area is 107 Å². The molecule has 3 rings (SSSR count). The molecule has 1 aromatic rings. The third-order valence-corrected chi connectivity index (χ3v) is 4.20. The minimum atomic E-state index is -0.164. The molecular formula is C14H19FN2O. The average Bonchev–Trinajstić information content (AvgIpc) is 2.63. The first kappa shape index (κ1) is 11.8. The largest absolute Gasteiger partial charge is 0.497 e. The molecule has 18 heavy (non-hydrogen) atoms. The Morgan fingerprint density at radius 1 is 1.28 bits per heavy atom. The molecular weight excluding hydrogens is 231 g/mol. The summed E-state index contributed by atoms with van der Waals surface area (Å²) in [6.07, 6.45) is 4.17. The Balaban J connectivity index is 1.95. The van der Waals surface area contributed by atoms with Crippen molar-refractivity contribution < 1.29 is 9.13 Å². The zero-order chi connectivity index (χ0) is 12.7. The number of ether oxygens (including phenoxy) is 1. The molecule has 0 saturated carbocycles. The number of nitrogens with two attached hydrogens (primary N) is 1. The molecule has 2 fully saturated rings. The van der Waals surface area contributed by atoms with Crippen molar-refractivity contribution in [2.45, 2.75) is 43.8 Å². The number of fused-ring (bicyclic) bond motifs is 2. The molecule has 2 heterocycles. The number of halogens is 1. The summed E-state index contributed by atoms with van der Waals surface area (Å²) in [5.74, 6) is 0.545. The normalized spacial score (nSPS) is 30.6. The first-order valence-corrected chi connectivity index (χ1v) is 6.56.